The number of hydrogen-bond donors (Lipinski definition) is 1. The van der Waals surface area contributed by atoms with Crippen LogP contribution in [0.3, 0.4) is 0 Å². The zero-order valence-electron chi connectivity index (χ0n) is 13.0. The van der Waals surface area contributed by atoms with E-state index in [1.54, 1.807) is 31.9 Å². The molecule has 1 aromatic carbocycles. The standard InChI is InChI=1S/C16H20N4O2/c1-12(16(22)17-10-15(21)19(2)3)20-11-14(9-18-20)13-7-5-4-6-8-13/h4-9,11-12H,10H2,1-3H3,(H,17,22)/t12-/m1/s1. The summed E-state index contributed by atoms with van der Waals surface area (Å²) >= 11 is 0. The van der Waals surface area contributed by atoms with Gasteiger partial charge in [-0.2, -0.15) is 5.10 Å². The SMILES string of the molecule is C[C@H](C(=O)NCC(=O)N(C)C)n1cc(-c2ccccc2)cn1. The van der Waals surface area contributed by atoms with Crippen molar-refractivity contribution in [3.8, 4) is 11.1 Å². The Balaban J connectivity index is 2.01. The van der Waals surface area contributed by atoms with Gasteiger partial charge in [-0.1, -0.05) is 30.3 Å². The molecule has 2 amide bonds. The smallest absolute Gasteiger partial charge is 0.245 e. The predicted octanol–water partition coefficient (Wildman–Crippen LogP) is 1.32. The van der Waals surface area contributed by atoms with Gasteiger partial charge in [0.25, 0.3) is 0 Å². The van der Waals surface area contributed by atoms with Crippen LogP contribution in [0.25, 0.3) is 11.1 Å². The lowest BCUT2D eigenvalue weighted by Gasteiger charge is -2.14. The third-order valence-corrected chi connectivity index (χ3v) is 3.40. The molecule has 6 nitrogen and oxygen atoms in total. The molecule has 0 unspecified atom stereocenters. The molecule has 0 saturated heterocycles. The predicted molar refractivity (Wildman–Crippen MR) is 84.1 cm³/mol. The third-order valence-electron chi connectivity index (χ3n) is 3.40. The molecule has 1 N–H and O–H groups in total. The molecule has 2 rings (SSSR count). The van der Waals surface area contributed by atoms with E-state index in [2.05, 4.69) is 10.4 Å². The Bertz CT molecular complexity index is 649. The van der Waals surface area contributed by atoms with E-state index in [1.807, 2.05) is 36.5 Å². The Hall–Kier alpha value is -2.63. The van der Waals surface area contributed by atoms with Gasteiger partial charge in [-0.15, -0.1) is 0 Å². The summed E-state index contributed by atoms with van der Waals surface area (Å²) in [5.41, 5.74) is 1.99. The second-order valence-corrected chi connectivity index (χ2v) is 5.26. The number of hydrogen-bond acceptors (Lipinski definition) is 3. The molecule has 0 aliphatic rings. The third kappa shape index (κ3) is 3.72. The number of nitrogens with zero attached hydrogens (tertiary/aromatic N) is 3. The molecule has 2 aromatic rings. The van der Waals surface area contributed by atoms with Crippen LogP contribution in [0.1, 0.15) is 13.0 Å². The summed E-state index contributed by atoms with van der Waals surface area (Å²) in [7, 11) is 3.30. The zero-order chi connectivity index (χ0) is 16.1. The molecular formula is C16H20N4O2. The van der Waals surface area contributed by atoms with Gasteiger partial charge in [0, 0.05) is 25.9 Å². The Morgan fingerprint density at radius 1 is 1.23 bits per heavy atom. The van der Waals surface area contributed by atoms with Crippen LogP contribution in [0.4, 0.5) is 0 Å². The van der Waals surface area contributed by atoms with E-state index in [0.717, 1.165) is 11.1 Å². The second kappa shape index (κ2) is 6.89. The van der Waals surface area contributed by atoms with E-state index >= 15 is 0 Å². The van der Waals surface area contributed by atoms with Crippen LogP contribution >= 0.6 is 0 Å². The van der Waals surface area contributed by atoms with Crippen molar-refractivity contribution < 1.29 is 9.59 Å². The minimum Gasteiger partial charge on any atom is -0.347 e. The maximum absolute atomic E-state index is 12.1. The Labute approximate surface area is 129 Å². The molecule has 1 heterocycles. The summed E-state index contributed by atoms with van der Waals surface area (Å²) in [6.07, 6.45) is 3.55. The molecule has 1 aromatic heterocycles. The summed E-state index contributed by atoms with van der Waals surface area (Å²) < 4.78 is 1.60. The molecule has 0 aliphatic carbocycles. The number of carbonyl (C=O) groups is 2. The summed E-state index contributed by atoms with van der Waals surface area (Å²) in [6.45, 7) is 1.74. The fraction of sp³-hybridized carbons (Fsp3) is 0.312. The number of amides is 2. The van der Waals surface area contributed by atoms with Crippen molar-refractivity contribution in [2.24, 2.45) is 0 Å². The van der Waals surface area contributed by atoms with Crippen molar-refractivity contribution >= 4 is 11.8 Å². The van der Waals surface area contributed by atoms with Crippen molar-refractivity contribution in [2.45, 2.75) is 13.0 Å². The second-order valence-electron chi connectivity index (χ2n) is 5.26. The summed E-state index contributed by atoms with van der Waals surface area (Å²) in [6, 6.07) is 9.35. The van der Waals surface area contributed by atoms with Crippen LogP contribution in [0.2, 0.25) is 0 Å². The molecule has 0 bridgehead atoms. The maximum Gasteiger partial charge on any atom is 0.245 e. The number of aromatic nitrogens is 2. The number of likely N-dealkylation sites (N-methyl/N-ethyl adjacent to an activating group) is 1. The first kappa shape index (κ1) is 15.8. The lowest BCUT2D eigenvalue weighted by molar-refractivity contribution is -0.131. The molecule has 0 saturated carbocycles. The van der Waals surface area contributed by atoms with Gasteiger partial charge in [0.2, 0.25) is 11.8 Å². The Kier molecular flexibility index (Phi) is 4.93. The van der Waals surface area contributed by atoms with Gasteiger partial charge in [-0.3, -0.25) is 14.3 Å². The Morgan fingerprint density at radius 2 is 1.91 bits per heavy atom. The fourth-order valence-corrected chi connectivity index (χ4v) is 1.92. The van der Waals surface area contributed by atoms with E-state index in [9.17, 15) is 9.59 Å². The molecular weight excluding hydrogens is 280 g/mol. The van der Waals surface area contributed by atoms with Gasteiger partial charge >= 0.3 is 0 Å². The fourth-order valence-electron chi connectivity index (χ4n) is 1.92. The first-order valence-corrected chi connectivity index (χ1v) is 7.06. The first-order valence-electron chi connectivity index (χ1n) is 7.06. The molecule has 0 radical (unpaired) electrons. The average molecular weight is 300 g/mol. The topological polar surface area (TPSA) is 67.2 Å². The van der Waals surface area contributed by atoms with Gasteiger partial charge in [0.05, 0.1) is 12.7 Å². The average Bonchev–Trinajstić information content (AvgIpc) is 3.02. The monoisotopic (exact) mass is 300 g/mol. The number of carbonyl (C=O) groups excluding carboxylic acids is 2. The zero-order valence-corrected chi connectivity index (χ0v) is 13.0. The van der Waals surface area contributed by atoms with Crippen LogP contribution in [-0.2, 0) is 9.59 Å². The molecule has 0 fully saturated rings. The highest BCUT2D eigenvalue weighted by molar-refractivity contribution is 5.86. The molecule has 116 valence electrons. The van der Waals surface area contributed by atoms with Crippen LogP contribution < -0.4 is 5.32 Å². The van der Waals surface area contributed by atoms with E-state index in [4.69, 9.17) is 0 Å². The Morgan fingerprint density at radius 3 is 2.55 bits per heavy atom. The van der Waals surface area contributed by atoms with Crippen molar-refractivity contribution in [3.05, 3.63) is 42.7 Å². The molecule has 0 spiro atoms. The van der Waals surface area contributed by atoms with Crippen LogP contribution in [0.15, 0.2) is 42.7 Å². The minimum absolute atomic E-state index is 0.0109. The molecule has 1 atom stereocenters. The summed E-state index contributed by atoms with van der Waals surface area (Å²) in [4.78, 5) is 25.0. The van der Waals surface area contributed by atoms with Crippen molar-refractivity contribution in [3.63, 3.8) is 0 Å². The number of benzene rings is 1. The first-order chi connectivity index (χ1) is 10.5. The lowest BCUT2D eigenvalue weighted by Crippen LogP contribution is -2.39. The van der Waals surface area contributed by atoms with Gasteiger partial charge in [-0.05, 0) is 12.5 Å². The highest BCUT2D eigenvalue weighted by Crippen LogP contribution is 2.19. The quantitative estimate of drug-likeness (QED) is 0.905. The number of rotatable bonds is 5. The lowest BCUT2D eigenvalue weighted by atomic mass is 10.1. The molecule has 0 aliphatic heterocycles. The maximum atomic E-state index is 12.1. The van der Waals surface area contributed by atoms with Crippen LogP contribution in [0, 0.1) is 0 Å². The van der Waals surface area contributed by atoms with Gasteiger partial charge in [0.15, 0.2) is 0 Å². The highest BCUT2D eigenvalue weighted by Gasteiger charge is 2.17. The van der Waals surface area contributed by atoms with Crippen molar-refractivity contribution in [2.75, 3.05) is 20.6 Å². The normalized spacial score (nSPS) is 11.8. The van der Waals surface area contributed by atoms with Crippen molar-refractivity contribution in [1.82, 2.24) is 20.0 Å². The van der Waals surface area contributed by atoms with E-state index in [1.165, 1.54) is 4.90 Å². The molecule has 22 heavy (non-hydrogen) atoms. The van der Waals surface area contributed by atoms with Crippen LogP contribution in [-0.4, -0.2) is 47.1 Å². The summed E-state index contributed by atoms with van der Waals surface area (Å²) in [5.74, 6) is -0.385. The van der Waals surface area contributed by atoms with E-state index in [-0.39, 0.29) is 18.4 Å². The minimum atomic E-state index is -0.479. The van der Waals surface area contributed by atoms with E-state index < -0.39 is 6.04 Å². The van der Waals surface area contributed by atoms with E-state index in [0.29, 0.717) is 0 Å². The van der Waals surface area contributed by atoms with Gasteiger partial charge in [0.1, 0.15) is 6.04 Å². The molecule has 6 heteroatoms. The van der Waals surface area contributed by atoms with Gasteiger partial charge in [-0.25, -0.2) is 0 Å². The number of nitrogens with one attached hydrogen (secondary N) is 1. The highest BCUT2D eigenvalue weighted by atomic mass is 16.2. The van der Waals surface area contributed by atoms with Gasteiger partial charge < -0.3 is 10.2 Å². The largest absolute Gasteiger partial charge is 0.347 e. The van der Waals surface area contributed by atoms with Crippen LogP contribution in [0.5, 0.6) is 0 Å². The summed E-state index contributed by atoms with van der Waals surface area (Å²) in [5, 5.41) is 6.86. The van der Waals surface area contributed by atoms with Crippen molar-refractivity contribution in [1.29, 1.82) is 0 Å².